The Balaban J connectivity index is 0. The molecule has 0 spiro atoms. The summed E-state index contributed by atoms with van der Waals surface area (Å²) in [6, 6.07) is 0. The number of hydrogen-bond donors (Lipinski definition) is 2. The van der Waals surface area contributed by atoms with Gasteiger partial charge in [-0.15, -0.1) is 0 Å². The van der Waals surface area contributed by atoms with Crippen LogP contribution in [0.4, 0.5) is 0 Å². The summed E-state index contributed by atoms with van der Waals surface area (Å²) in [6.45, 7) is 7.99. The van der Waals surface area contributed by atoms with Crippen LogP contribution < -0.4 is 0 Å². The van der Waals surface area contributed by atoms with Crippen LogP contribution >= 0.6 is 0 Å². The molecule has 2 unspecified atom stereocenters. The first kappa shape index (κ1) is 24.9. The second kappa shape index (κ2) is 18.0. The van der Waals surface area contributed by atoms with E-state index in [4.69, 9.17) is 19.7 Å². The Morgan fingerprint density at radius 3 is 1.39 bits per heavy atom. The standard InChI is InChI=1S/C8H14O6.2C4H9.Sn/c1-3-13-5(7(9)10)6(8(11)12)14-4-2;2*1-3-4-2;/h5-6H,3-4H2,1-2H3,(H,9,10)(H,11,12);2*1,3-4H2,2H3;. The monoisotopic (exact) mass is 440 g/mol. The molecule has 0 saturated carbocycles. The summed E-state index contributed by atoms with van der Waals surface area (Å²) in [5.74, 6) is -2.68. The van der Waals surface area contributed by atoms with Crippen molar-refractivity contribution in [2.45, 2.75) is 74.5 Å². The summed E-state index contributed by atoms with van der Waals surface area (Å²) >= 11 is 0.149. The maximum atomic E-state index is 10.6. The van der Waals surface area contributed by atoms with E-state index >= 15 is 0 Å². The van der Waals surface area contributed by atoms with Crippen LogP contribution in [0.2, 0.25) is 8.87 Å². The van der Waals surface area contributed by atoms with Crippen molar-refractivity contribution in [1.82, 2.24) is 0 Å². The Kier molecular flexibility index (Phi) is 19.5. The molecular weight excluding hydrogens is 407 g/mol. The Morgan fingerprint density at radius 2 is 1.17 bits per heavy atom. The largest absolute Gasteiger partial charge is 0.479 e. The molecule has 0 aromatic carbocycles. The van der Waals surface area contributed by atoms with Gasteiger partial charge in [-0.05, 0) is 13.8 Å². The predicted molar refractivity (Wildman–Crippen MR) is 91.3 cm³/mol. The zero-order chi connectivity index (χ0) is 18.1. The Hall–Kier alpha value is -0.341. The van der Waals surface area contributed by atoms with Crippen LogP contribution in [-0.4, -0.2) is 68.7 Å². The molecule has 2 N–H and O–H groups in total. The van der Waals surface area contributed by atoms with E-state index in [1.54, 1.807) is 22.7 Å². The van der Waals surface area contributed by atoms with Crippen LogP contribution in [0.5, 0.6) is 0 Å². The molecule has 0 aromatic rings. The van der Waals surface area contributed by atoms with Crippen molar-refractivity contribution < 1.29 is 29.3 Å². The molecule has 0 bridgehead atoms. The average molecular weight is 439 g/mol. The SMILES string of the molecule is CCC[CH2][Sn][CH2]CCC.CCOC(C(=O)O)C(OCC)C(=O)O. The number of hydrogen-bond acceptors (Lipinski definition) is 4. The van der Waals surface area contributed by atoms with Crippen molar-refractivity contribution in [2.24, 2.45) is 0 Å². The average Bonchev–Trinajstić information content (AvgIpc) is 2.51. The van der Waals surface area contributed by atoms with Gasteiger partial charge in [-0.3, -0.25) is 0 Å². The molecule has 0 saturated heterocycles. The van der Waals surface area contributed by atoms with Crippen LogP contribution in [0.15, 0.2) is 0 Å². The number of ether oxygens (including phenoxy) is 2. The first-order valence-electron chi connectivity index (χ1n) is 8.35. The first-order chi connectivity index (χ1) is 11.0. The molecule has 0 aromatic heterocycles. The number of carbonyl (C=O) groups is 2. The molecule has 136 valence electrons. The quantitative estimate of drug-likeness (QED) is 0.339. The van der Waals surface area contributed by atoms with E-state index in [2.05, 4.69) is 13.8 Å². The van der Waals surface area contributed by atoms with Crippen LogP contribution in [0.25, 0.3) is 0 Å². The minimum absolute atomic E-state index is 0.119. The third-order valence-electron chi connectivity index (χ3n) is 2.87. The van der Waals surface area contributed by atoms with Gasteiger partial charge in [0, 0.05) is 13.2 Å². The van der Waals surface area contributed by atoms with Crippen molar-refractivity contribution in [2.75, 3.05) is 13.2 Å². The maximum absolute atomic E-state index is 10.6. The maximum Gasteiger partial charge on any atom is 0.336 e. The van der Waals surface area contributed by atoms with Crippen LogP contribution in [-0.2, 0) is 19.1 Å². The van der Waals surface area contributed by atoms with Gasteiger partial charge in [-0.1, -0.05) is 0 Å². The summed E-state index contributed by atoms with van der Waals surface area (Å²) in [5, 5.41) is 17.4. The van der Waals surface area contributed by atoms with Crippen molar-refractivity contribution in [3.05, 3.63) is 0 Å². The Labute approximate surface area is 150 Å². The molecule has 0 fully saturated rings. The minimum Gasteiger partial charge on any atom is -0.479 e. The summed E-state index contributed by atoms with van der Waals surface area (Å²) in [7, 11) is 0. The van der Waals surface area contributed by atoms with Gasteiger partial charge in [0.05, 0.1) is 0 Å². The van der Waals surface area contributed by atoms with Crippen LogP contribution in [0.3, 0.4) is 0 Å². The first-order valence-corrected chi connectivity index (χ1v) is 12.4. The van der Waals surface area contributed by atoms with Gasteiger partial charge in [0.25, 0.3) is 0 Å². The molecule has 0 aliphatic rings. The molecule has 6 nitrogen and oxygen atoms in total. The third-order valence-corrected chi connectivity index (χ3v) is 6.90. The minimum atomic E-state index is -1.46. The van der Waals surface area contributed by atoms with Crippen LogP contribution in [0, 0.1) is 0 Å². The smallest absolute Gasteiger partial charge is 0.336 e. The second-order valence-corrected chi connectivity index (χ2v) is 9.17. The topological polar surface area (TPSA) is 93.1 Å². The van der Waals surface area contributed by atoms with Gasteiger partial charge in [0.1, 0.15) is 0 Å². The number of unbranched alkanes of at least 4 members (excludes halogenated alkanes) is 2. The van der Waals surface area contributed by atoms with E-state index in [1.165, 1.54) is 25.7 Å². The second-order valence-electron chi connectivity index (χ2n) is 4.89. The van der Waals surface area contributed by atoms with Gasteiger partial charge in [0.2, 0.25) is 0 Å². The molecule has 0 rings (SSSR count). The Morgan fingerprint density at radius 1 is 0.826 bits per heavy atom. The number of carboxylic acid groups (broad SMARTS) is 2. The number of aliphatic carboxylic acids is 2. The molecule has 23 heavy (non-hydrogen) atoms. The van der Waals surface area contributed by atoms with Gasteiger partial charge in [-0.25, -0.2) is 9.59 Å². The van der Waals surface area contributed by atoms with E-state index < -0.39 is 24.1 Å². The fourth-order valence-electron chi connectivity index (χ4n) is 1.66. The molecule has 0 heterocycles. The molecular formula is C16H32O6Sn. The zero-order valence-corrected chi connectivity index (χ0v) is 17.7. The summed E-state index contributed by atoms with van der Waals surface area (Å²) < 4.78 is 12.8. The number of rotatable bonds is 13. The normalized spacial score (nSPS) is 12.9. The van der Waals surface area contributed by atoms with E-state index in [0.717, 1.165) is 0 Å². The fourth-order valence-corrected chi connectivity index (χ4v) is 5.82. The van der Waals surface area contributed by atoms with Gasteiger partial charge < -0.3 is 19.7 Å². The van der Waals surface area contributed by atoms with E-state index in [-0.39, 0.29) is 34.4 Å². The molecule has 2 atom stereocenters. The molecule has 2 radical (unpaired) electrons. The van der Waals surface area contributed by atoms with Crippen molar-refractivity contribution in [3.8, 4) is 0 Å². The van der Waals surface area contributed by atoms with Gasteiger partial charge in [0.15, 0.2) is 12.2 Å². The van der Waals surface area contributed by atoms with E-state index in [1.807, 2.05) is 0 Å². The van der Waals surface area contributed by atoms with Crippen molar-refractivity contribution in [3.63, 3.8) is 0 Å². The van der Waals surface area contributed by atoms with E-state index in [0.29, 0.717) is 0 Å². The Bertz CT molecular complexity index is 270. The van der Waals surface area contributed by atoms with Crippen molar-refractivity contribution >= 4 is 33.1 Å². The van der Waals surface area contributed by atoms with Gasteiger partial charge >= 0.3 is 81.5 Å². The van der Waals surface area contributed by atoms with Crippen LogP contribution in [0.1, 0.15) is 53.4 Å². The van der Waals surface area contributed by atoms with Crippen molar-refractivity contribution in [1.29, 1.82) is 0 Å². The fraction of sp³-hybridized carbons (Fsp3) is 0.875. The summed E-state index contributed by atoms with van der Waals surface area (Å²) in [5.41, 5.74) is 0. The van der Waals surface area contributed by atoms with E-state index in [9.17, 15) is 9.59 Å². The summed E-state index contributed by atoms with van der Waals surface area (Å²) in [6.07, 6.45) is 2.92. The molecule has 0 amide bonds. The molecule has 7 heteroatoms. The molecule has 0 aliphatic carbocycles. The summed E-state index contributed by atoms with van der Waals surface area (Å²) in [4.78, 5) is 21.3. The predicted octanol–water partition coefficient (Wildman–Crippen LogP) is 3.09. The molecule has 0 aliphatic heterocycles. The van der Waals surface area contributed by atoms with Gasteiger partial charge in [-0.2, -0.15) is 0 Å². The number of carboxylic acids is 2. The third kappa shape index (κ3) is 15.0. The zero-order valence-electron chi connectivity index (χ0n) is 14.8.